The molecule has 0 amide bonds. The highest BCUT2D eigenvalue weighted by Crippen LogP contribution is 2.30. The maximum absolute atomic E-state index is 12.6. The minimum absolute atomic E-state index is 0.177. The maximum Gasteiger partial charge on any atom is 0.232 e. The molecule has 2 heterocycles. The quantitative estimate of drug-likeness (QED) is 0.634. The zero-order valence-electron chi connectivity index (χ0n) is 11.4. The predicted octanol–water partition coefficient (Wildman–Crippen LogP) is 4.84. The van der Waals surface area contributed by atoms with Crippen LogP contribution in [-0.2, 0) is 0 Å². The van der Waals surface area contributed by atoms with Gasteiger partial charge >= 0.3 is 0 Å². The number of benzene rings is 1. The highest BCUT2D eigenvalue weighted by Gasteiger charge is 2.23. The topological polar surface area (TPSA) is 43.4 Å². The van der Waals surface area contributed by atoms with E-state index in [0.717, 1.165) is 16.7 Å². The van der Waals surface area contributed by atoms with Crippen molar-refractivity contribution in [3.8, 4) is 0 Å². The second-order valence-corrected chi connectivity index (χ2v) is 5.22. The van der Waals surface area contributed by atoms with E-state index in [1.165, 1.54) is 0 Å². The molecule has 0 atom stereocenters. The molecule has 0 fully saturated rings. The van der Waals surface area contributed by atoms with Crippen molar-refractivity contribution in [2.24, 2.45) is 0 Å². The molecule has 0 unspecified atom stereocenters. The summed E-state index contributed by atoms with van der Waals surface area (Å²) in [5.74, 6) is 1.46. The Morgan fingerprint density at radius 3 is 2.45 bits per heavy atom. The van der Waals surface area contributed by atoms with Crippen molar-refractivity contribution >= 4 is 28.4 Å². The number of ketones is 1. The molecule has 2 aromatic heterocycles. The van der Waals surface area contributed by atoms with Crippen LogP contribution in [0.4, 0.5) is 0 Å². The van der Waals surface area contributed by atoms with Crippen molar-refractivity contribution in [1.82, 2.24) is 0 Å². The highest BCUT2D eigenvalue weighted by molar-refractivity contribution is 6.35. The van der Waals surface area contributed by atoms with Gasteiger partial charge in [0.15, 0.2) is 11.3 Å². The normalized spacial score (nSPS) is 11.2. The van der Waals surface area contributed by atoms with Gasteiger partial charge in [0.25, 0.3) is 0 Å². The first-order valence-electron chi connectivity index (χ1n) is 6.28. The number of aryl methyl sites for hydroxylation is 2. The maximum atomic E-state index is 12.6. The summed E-state index contributed by atoms with van der Waals surface area (Å²) in [5, 5.41) is 1.31. The molecule has 20 heavy (non-hydrogen) atoms. The Morgan fingerprint density at radius 1 is 1.10 bits per heavy atom. The number of fused-ring (bicyclic) bond motifs is 1. The van der Waals surface area contributed by atoms with E-state index in [1.54, 1.807) is 19.1 Å². The number of furan rings is 2. The molecule has 0 spiro atoms. The van der Waals surface area contributed by atoms with E-state index in [0.29, 0.717) is 21.9 Å². The van der Waals surface area contributed by atoms with E-state index >= 15 is 0 Å². The van der Waals surface area contributed by atoms with Gasteiger partial charge in [-0.2, -0.15) is 0 Å². The van der Waals surface area contributed by atoms with E-state index < -0.39 is 0 Å². The molecule has 1 aromatic carbocycles. The van der Waals surface area contributed by atoms with Crippen LogP contribution >= 0.6 is 11.6 Å². The van der Waals surface area contributed by atoms with Crippen molar-refractivity contribution in [1.29, 1.82) is 0 Å². The van der Waals surface area contributed by atoms with E-state index in [-0.39, 0.29) is 11.5 Å². The average molecular weight is 289 g/mol. The van der Waals surface area contributed by atoms with E-state index in [2.05, 4.69) is 0 Å². The summed E-state index contributed by atoms with van der Waals surface area (Å²) >= 11 is 6.06. The standard InChI is InChI=1S/C16H13ClO3/c1-8-9(2)19-10(3)14(8)15(18)13-7-11-5-4-6-12(17)16(11)20-13/h4-7H,1-3H3. The molecule has 0 bridgehead atoms. The van der Waals surface area contributed by atoms with Crippen molar-refractivity contribution in [3.05, 3.63) is 57.7 Å². The van der Waals surface area contributed by atoms with Crippen LogP contribution in [0, 0.1) is 20.8 Å². The van der Waals surface area contributed by atoms with Gasteiger partial charge in [0.05, 0.1) is 10.6 Å². The molecular formula is C16H13ClO3. The van der Waals surface area contributed by atoms with E-state index in [9.17, 15) is 4.79 Å². The van der Waals surface area contributed by atoms with Gasteiger partial charge in [-0.05, 0) is 32.9 Å². The van der Waals surface area contributed by atoms with Gasteiger partial charge in [-0.3, -0.25) is 4.79 Å². The summed E-state index contributed by atoms with van der Waals surface area (Å²) in [6, 6.07) is 7.14. The molecule has 3 aromatic rings. The second kappa shape index (κ2) is 4.53. The molecule has 3 nitrogen and oxygen atoms in total. The van der Waals surface area contributed by atoms with Crippen LogP contribution in [0.5, 0.6) is 0 Å². The van der Waals surface area contributed by atoms with Crippen LogP contribution in [0.2, 0.25) is 5.02 Å². The number of carbonyl (C=O) groups is 1. The van der Waals surface area contributed by atoms with Gasteiger partial charge in [0.1, 0.15) is 11.5 Å². The third-order valence-corrected chi connectivity index (χ3v) is 3.81. The number of carbonyl (C=O) groups excluding carboxylic acids is 1. The lowest BCUT2D eigenvalue weighted by molar-refractivity contribution is 0.101. The minimum atomic E-state index is -0.177. The third-order valence-electron chi connectivity index (χ3n) is 3.51. The summed E-state index contributed by atoms with van der Waals surface area (Å²) in [6.07, 6.45) is 0. The summed E-state index contributed by atoms with van der Waals surface area (Å²) in [7, 11) is 0. The van der Waals surface area contributed by atoms with Gasteiger partial charge in [-0.1, -0.05) is 23.7 Å². The number of hydrogen-bond acceptors (Lipinski definition) is 3. The van der Waals surface area contributed by atoms with Gasteiger partial charge < -0.3 is 8.83 Å². The Labute approximate surface area is 121 Å². The van der Waals surface area contributed by atoms with Crippen molar-refractivity contribution < 1.29 is 13.6 Å². The summed E-state index contributed by atoms with van der Waals surface area (Å²) < 4.78 is 11.1. The van der Waals surface area contributed by atoms with Crippen LogP contribution in [-0.4, -0.2) is 5.78 Å². The lowest BCUT2D eigenvalue weighted by atomic mass is 10.0. The zero-order valence-corrected chi connectivity index (χ0v) is 12.2. The SMILES string of the molecule is Cc1oc(C)c(C(=O)c2cc3cccc(Cl)c3o2)c1C. The zero-order chi connectivity index (χ0) is 14.4. The molecular weight excluding hydrogens is 276 g/mol. The molecule has 0 aliphatic heterocycles. The molecule has 3 rings (SSSR count). The van der Waals surface area contributed by atoms with E-state index in [1.807, 2.05) is 26.0 Å². The van der Waals surface area contributed by atoms with Gasteiger partial charge in [0, 0.05) is 10.9 Å². The Hall–Kier alpha value is -2.00. The Kier molecular flexibility index (Phi) is 2.94. The van der Waals surface area contributed by atoms with Gasteiger partial charge in [0.2, 0.25) is 5.78 Å². The number of rotatable bonds is 2. The lowest BCUT2D eigenvalue weighted by Crippen LogP contribution is -2.02. The second-order valence-electron chi connectivity index (χ2n) is 4.81. The highest BCUT2D eigenvalue weighted by atomic mass is 35.5. The molecule has 0 N–H and O–H groups in total. The Bertz CT molecular complexity index is 824. The Balaban J connectivity index is 2.15. The number of halogens is 1. The molecule has 0 saturated carbocycles. The molecule has 0 saturated heterocycles. The van der Waals surface area contributed by atoms with Crippen molar-refractivity contribution in [2.75, 3.05) is 0 Å². The fourth-order valence-corrected chi connectivity index (χ4v) is 2.61. The van der Waals surface area contributed by atoms with Crippen LogP contribution in [0.15, 0.2) is 33.1 Å². The smallest absolute Gasteiger partial charge is 0.232 e. The molecule has 0 radical (unpaired) electrons. The minimum Gasteiger partial charge on any atom is -0.466 e. The van der Waals surface area contributed by atoms with Gasteiger partial charge in [-0.15, -0.1) is 0 Å². The van der Waals surface area contributed by atoms with E-state index in [4.69, 9.17) is 20.4 Å². The number of hydrogen-bond donors (Lipinski definition) is 0. The van der Waals surface area contributed by atoms with Crippen LogP contribution in [0.1, 0.15) is 33.2 Å². The van der Waals surface area contributed by atoms with Crippen LogP contribution < -0.4 is 0 Å². The van der Waals surface area contributed by atoms with Crippen molar-refractivity contribution in [2.45, 2.75) is 20.8 Å². The first-order chi connectivity index (χ1) is 9.49. The molecule has 4 heteroatoms. The third kappa shape index (κ3) is 1.86. The molecule has 102 valence electrons. The summed E-state index contributed by atoms with van der Waals surface area (Å²) in [6.45, 7) is 5.49. The predicted molar refractivity (Wildman–Crippen MR) is 77.6 cm³/mol. The van der Waals surface area contributed by atoms with Gasteiger partial charge in [-0.25, -0.2) is 0 Å². The Morgan fingerprint density at radius 2 is 1.85 bits per heavy atom. The number of para-hydroxylation sites is 1. The largest absolute Gasteiger partial charge is 0.466 e. The molecule has 0 aliphatic rings. The summed E-state index contributed by atoms with van der Waals surface area (Å²) in [5.41, 5.74) is 1.95. The fourth-order valence-electron chi connectivity index (χ4n) is 2.39. The first kappa shape index (κ1) is 13.0. The fraction of sp³-hybridized carbons (Fsp3) is 0.188. The summed E-state index contributed by atoms with van der Waals surface area (Å²) in [4.78, 5) is 12.6. The lowest BCUT2D eigenvalue weighted by Gasteiger charge is -1.97. The molecule has 0 aliphatic carbocycles. The van der Waals surface area contributed by atoms with Crippen LogP contribution in [0.25, 0.3) is 11.0 Å². The van der Waals surface area contributed by atoms with Crippen molar-refractivity contribution in [3.63, 3.8) is 0 Å². The average Bonchev–Trinajstić information content (AvgIpc) is 2.93. The first-order valence-corrected chi connectivity index (χ1v) is 6.66. The monoisotopic (exact) mass is 288 g/mol. The van der Waals surface area contributed by atoms with Crippen LogP contribution in [0.3, 0.4) is 0 Å².